The Balaban J connectivity index is 2.04. The number of carbonyl (C=O) groups excluding carboxylic acids is 1. The van der Waals surface area contributed by atoms with Crippen LogP contribution in [-0.2, 0) is 4.79 Å². The Morgan fingerprint density at radius 3 is 2.62 bits per heavy atom. The molecule has 2 aromatic rings. The van der Waals surface area contributed by atoms with Gasteiger partial charge in [0.05, 0.1) is 10.6 Å². The van der Waals surface area contributed by atoms with Crippen LogP contribution in [0.4, 0.5) is 5.69 Å². The lowest BCUT2D eigenvalue weighted by Gasteiger charge is -2.04. The fourth-order valence-electron chi connectivity index (χ4n) is 1.53. The number of nitrogens with one attached hydrogen (secondary N) is 1. The highest BCUT2D eigenvalue weighted by Gasteiger charge is 2.09. The van der Waals surface area contributed by atoms with Gasteiger partial charge in [-0.2, -0.15) is 0 Å². The highest BCUT2D eigenvalue weighted by atomic mass is 79.9. The number of amides is 1. The van der Waals surface area contributed by atoms with Crippen molar-refractivity contribution in [1.29, 1.82) is 0 Å². The van der Waals surface area contributed by atoms with Gasteiger partial charge in [0.2, 0.25) is 5.91 Å². The second-order valence-corrected chi connectivity index (χ2v) is 5.15. The molecule has 0 fully saturated rings. The zero-order valence-electron chi connectivity index (χ0n) is 10.5. The molecule has 7 heteroatoms. The summed E-state index contributed by atoms with van der Waals surface area (Å²) >= 11 is 8.97. The SMILES string of the molecule is O=C(C=Cc1ccc(Br)o1)Nc1ccc(C(=O)O)c(Cl)c1. The van der Waals surface area contributed by atoms with Gasteiger partial charge in [-0.3, -0.25) is 4.79 Å². The van der Waals surface area contributed by atoms with Gasteiger partial charge in [0, 0.05) is 11.8 Å². The van der Waals surface area contributed by atoms with Crippen LogP contribution in [0.15, 0.2) is 45.5 Å². The van der Waals surface area contributed by atoms with E-state index in [9.17, 15) is 9.59 Å². The van der Waals surface area contributed by atoms with Crippen LogP contribution in [0, 0.1) is 0 Å². The van der Waals surface area contributed by atoms with Gasteiger partial charge in [0.1, 0.15) is 5.76 Å². The van der Waals surface area contributed by atoms with E-state index in [2.05, 4.69) is 21.2 Å². The Bertz CT molecular complexity index is 724. The lowest BCUT2D eigenvalue weighted by atomic mass is 10.2. The summed E-state index contributed by atoms with van der Waals surface area (Å²) in [4.78, 5) is 22.5. The molecule has 5 nitrogen and oxygen atoms in total. The molecule has 2 N–H and O–H groups in total. The Hall–Kier alpha value is -2.05. The van der Waals surface area contributed by atoms with Crippen molar-refractivity contribution < 1.29 is 19.1 Å². The largest absolute Gasteiger partial charge is 0.478 e. The van der Waals surface area contributed by atoms with Gasteiger partial charge >= 0.3 is 5.97 Å². The fraction of sp³-hybridized carbons (Fsp3) is 0. The van der Waals surface area contributed by atoms with Crippen LogP contribution in [0.3, 0.4) is 0 Å². The van der Waals surface area contributed by atoms with Crippen molar-refractivity contribution in [3.05, 3.63) is 57.4 Å². The van der Waals surface area contributed by atoms with Crippen LogP contribution in [-0.4, -0.2) is 17.0 Å². The summed E-state index contributed by atoms with van der Waals surface area (Å²) in [5.41, 5.74) is 0.380. The van der Waals surface area contributed by atoms with E-state index in [1.54, 1.807) is 12.1 Å². The maximum atomic E-state index is 11.7. The standard InChI is InChI=1S/C14H9BrClNO4/c15-12-5-2-9(21-12)3-6-13(18)17-8-1-4-10(14(19)20)11(16)7-8/h1-7H,(H,17,18)(H,19,20). The van der Waals surface area contributed by atoms with Crippen molar-refractivity contribution >= 4 is 51.2 Å². The number of furan rings is 1. The van der Waals surface area contributed by atoms with Gasteiger partial charge < -0.3 is 14.8 Å². The molecule has 1 aromatic heterocycles. The summed E-state index contributed by atoms with van der Waals surface area (Å²) in [7, 11) is 0. The van der Waals surface area contributed by atoms with Gasteiger partial charge in [0.25, 0.3) is 0 Å². The van der Waals surface area contributed by atoms with Crippen molar-refractivity contribution in [2.75, 3.05) is 5.32 Å². The molecule has 0 saturated carbocycles. The Labute approximate surface area is 133 Å². The lowest BCUT2D eigenvalue weighted by molar-refractivity contribution is -0.111. The third-order valence-corrected chi connectivity index (χ3v) is 3.20. The molecule has 2 rings (SSSR count). The monoisotopic (exact) mass is 369 g/mol. The van der Waals surface area contributed by atoms with E-state index in [0.29, 0.717) is 16.1 Å². The molecular weight excluding hydrogens is 362 g/mol. The van der Waals surface area contributed by atoms with Crippen molar-refractivity contribution in [3.63, 3.8) is 0 Å². The number of halogens is 2. The smallest absolute Gasteiger partial charge is 0.337 e. The van der Waals surface area contributed by atoms with Crippen molar-refractivity contribution in [2.24, 2.45) is 0 Å². The summed E-state index contributed by atoms with van der Waals surface area (Å²) in [6.45, 7) is 0. The highest BCUT2D eigenvalue weighted by molar-refractivity contribution is 9.10. The van der Waals surface area contributed by atoms with Crippen LogP contribution in [0.5, 0.6) is 0 Å². The second-order valence-electron chi connectivity index (χ2n) is 3.96. The molecule has 0 atom stereocenters. The first kappa shape index (κ1) is 15.3. The maximum absolute atomic E-state index is 11.7. The van der Waals surface area contributed by atoms with Crippen LogP contribution < -0.4 is 5.32 Å². The average molecular weight is 371 g/mol. The minimum Gasteiger partial charge on any atom is -0.478 e. The average Bonchev–Trinajstić information content (AvgIpc) is 2.82. The Morgan fingerprint density at radius 1 is 1.29 bits per heavy atom. The molecule has 1 amide bonds. The number of hydrogen-bond donors (Lipinski definition) is 2. The predicted molar refractivity (Wildman–Crippen MR) is 82.5 cm³/mol. The van der Waals surface area contributed by atoms with Gasteiger partial charge in [-0.05, 0) is 52.3 Å². The normalized spacial score (nSPS) is 10.8. The zero-order valence-corrected chi connectivity index (χ0v) is 12.8. The summed E-state index contributed by atoms with van der Waals surface area (Å²) in [6.07, 6.45) is 2.80. The summed E-state index contributed by atoms with van der Waals surface area (Å²) in [6, 6.07) is 7.58. The topological polar surface area (TPSA) is 79.5 Å². The summed E-state index contributed by atoms with van der Waals surface area (Å²) in [5.74, 6) is -0.987. The Kier molecular flexibility index (Phi) is 4.82. The minimum atomic E-state index is -1.12. The van der Waals surface area contributed by atoms with Crippen molar-refractivity contribution in [3.8, 4) is 0 Å². The minimum absolute atomic E-state index is 0.0226. The molecule has 0 unspecified atom stereocenters. The molecule has 0 saturated heterocycles. The number of rotatable bonds is 4. The molecule has 0 spiro atoms. The fourth-order valence-corrected chi connectivity index (χ4v) is 2.11. The molecule has 0 aliphatic rings. The molecular formula is C14H9BrClNO4. The number of anilines is 1. The number of carbonyl (C=O) groups is 2. The lowest BCUT2D eigenvalue weighted by Crippen LogP contribution is -2.08. The van der Waals surface area contributed by atoms with Crippen molar-refractivity contribution in [2.45, 2.75) is 0 Å². The van der Waals surface area contributed by atoms with Gasteiger partial charge in [0.15, 0.2) is 4.67 Å². The second kappa shape index (κ2) is 6.60. The van der Waals surface area contributed by atoms with E-state index in [1.165, 1.54) is 30.4 Å². The van der Waals surface area contributed by atoms with E-state index in [-0.39, 0.29) is 16.5 Å². The molecule has 0 aliphatic heterocycles. The molecule has 1 aromatic carbocycles. The van der Waals surface area contributed by atoms with Crippen LogP contribution in [0.25, 0.3) is 6.08 Å². The summed E-state index contributed by atoms with van der Waals surface area (Å²) in [5, 5.41) is 11.5. The first-order valence-corrected chi connectivity index (χ1v) is 6.90. The van der Waals surface area contributed by atoms with Gasteiger partial charge in [-0.25, -0.2) is 4.79 Å². The molecule has 21 heavy (non-hydrogen) atoms. The number of carboxylic acid groups (broad SMARTS) is 1. The molecule has 0 aliphatic carbocycles. The third-order valence-electron chi connectivity index (χ3n) is 2.46. The molecule has 0 radical (unpaired) electrons. The predicted octanol–water partition coefficient (Wildman–Crippen LogP) is 4.05. The number of carboxylic acids is 1. The molecule has 108 valence electrons. The number of benzene rings is 1. The van der Waals surface area contributed by atoms with E-state index >= 15 is 0 Å². The molecule has 0 bridgehead atoms. The van der Waals surface area contributed by atoms with Crippen LogP contribution in [0.1, 0.15) is 16.1 Å². The molecule has 1 heterocycles. The number of hydrogen-bond acceptors (Lipinski definition) is 3. The maximum Gasteiger partial charge on any atom is 0.337 e. The third kappa shape index (κ3) is 4.21. The van der Waals surface area contributed by atoms with Crippen LogP contribution in [0.2, 0.25) is 5.02 Å². The number of aromatic carboxylic acids is 1. The quantitative estimate of drug-likeness (QED) is 0.796. The van der Waals surface area contributed by atoms with Gasteiger partial charge in [-0.1, -0.05) is 11.6 Å². The first-order valence-electron chi connectivity index (χ1n) is 5.73. The van der Waals surface area contributed by atoms with E-state index in [0.717, 1.165) is 0 Å². The Morgan fingerprint density at radius 2 is 2.05 bits per heavy atom. The van der Waals surface area contributed by atoms with Crippen molar-refractivity contribution in [1.82, 2.24) is 0 Å². The van der Waals surface area contributed by atoms with Crippen LogP contribution >= 0.6 is 27.5 Å². The zero-order chi connectivity index (χ0) is 15.4. The van der Waals surface area contributed by atoms with Gasteiger partial charge in [-0.15, -0.1) is 0 Å². The summed E-state index contributed by atoms with van der Waals surface area (Å²) < 4.78 is 5.78. The first-order chi connectivity index (χ1) is 9.95. The van der Waals surface area contributed by atoms with E-state index in [4.69, 9.17) is 21.1 Å². The van der Waals surface area contributed by atoms with E-state index in [1.807, 2.05) is 0 Å². The van der Waals surface area contributed by atoms with E-state index < -0.39 is 5.97 Å². The highest BCUT2D eigenvalue weighted by Crippen LogP contribution is 2.21.